The van der Waals surface area contributed by atoms with Crippen molar-refractivity contribution in [2.45, 2.75) is 32.6 Å². The number of nitrogens with zero attached hydrogens (tertiary/aromatic N) is 3. The van der Waals surface area contributed by atoms with Gasteiger partial charge in [-0.1, -0.05) is 18.2 Å². The number of nitrogens with two attached hydrogens (primary N) is 1. The number of carbonyl (C=O) groups excluding carboxylic acids is 1. The molecule has 0 saturated carbocycles. The van der Waals surface area contributed by atoms with Crippen molar-refractivity contribution in [2.24, 2.45) is 16.6 Å². The SMILES string of the molecule is CCNC(=NCCS(=O)(=O)N1CCc2ccccc21)N1CCCC(CC(N)=O)C1. The molecule has 1 atom stereocenters. The number of nitrogens with one attached hydrogen (secondary N) is 1. The number of benzene rings is 1. The molecule has 9 heteroatoms. The summed E-state index contributed by atoms with van der Waals surface area (Å²) < 4.78 is 27.2. The Balaban J connectivity index is 1.64. The average molecular weight is 422 g/mol. The number of aliphatic imine (C=N–C) groups is 1. The zero-order chi connectivity index (χ0) is 20.9. The average Bonchev–Trinajstić information content (AvgIpc) is 3.12. The van der Waals surface area contributed by atoms with Gasteiger partial charge in [-0.2, -0.15) is 0 Å². The fraction of sp³-hybridized carbons (Fsp3) is 0.600. The van der Waals surface area contributed by atoms with Crippen LogP contribution in [0.15, 0.2) is 29.3 Å². The summed E-state index contributed by atoms with van der Waals surface area (Å²) in [6.07, 6.45) is 3.06. The molecule has 3 rings (SSSR count). The van der Waals surface area contributed by atoms with Gasteiger partial charge >= 0.3 is 0 Å². The molecule has 1 unspecified atom stereocenters. The Morgan fingerprint density at radius 3 is 2.86 bits per heavy atom. The highest BCUT2D eigenvalue weighted by Crippen LogP contribution is 2.30. The Kier molecular flexibility index (Phi) is 7.00. The lowest BCUT2D eigenvalue weighted by molar-refractivity contribution is -0.119. The number of rotatable bonds is 7. The Labute approximate surface area is 173 Å². The molecule has 0 aromatic heterocycles. The predicted molar refractivity (Wildman–Crippen MR) is 115 cm³/mol. The number of sulfonamides is 1. The van der Waals surface area contributed by atoms with Gasteiger partial charge in [0.05, 0.1) is 18.0 Å². The summed E-state index contributed by atoms with van der Waals surface area (Å²) in [4.78, 5) is 17.9. The van der Waals surface area contributed by atoms with E-state index in [1.54, 1.807) is 0 Å². The van der Waals surface area contributed by atoms with E-state index in [1.807, 2.05) is 31.2 Å². The molecule has 1 saturated heterocycles. The van der Waals surface area contributed by atoms with Crippen molar-refractivity contribution >= 4 is 27.6 Å². The molecule has 3 N–H and O–H groups in total. The van der Waals surface area contributed by atoms with E-state index in [9.17, 15) is 13.2 Å². The van der Waals surface area contributed by atoms with Crippen LogP contribution in [-0.2, 0) is 21.2 Å². The number of amides is 1. The molecule has 0 spiro atoms. The minimum atomic E-state index is -3.42. The molecule has 1 amide bonds. The maximum Gasteiger partial charge on any atom is 0.237 e. The van der Waals surface area contributed by atoms with E-state index in [1.165, 1.54) is 4.31 Å². The fourth-order valence-corrected chi connectivity index (χ4v) is 5.50. The van der Waals surface area contributed by atoms with E-state index in [0.717, 1.165) is 37.1 Å². The normalized spacial score (nSPS) is 19.9. The number of piperidine rings is 1. The van der Waals surface area contributed by atoms with Crippen molar-refractivity contribution in [1.82, 2.24) is 10.2 Å². The van der Waals surface area contributed by atoms with Crippen molar-refractivity contribution in [3.8, 4) is 0 Å². The van der Waals surface area contributed by atoms with Crippen LogP contribution in [0.25, 0.3) is 0 Å². The smallest absolute Gasteiger partial charge is 0.237 e. The van der Waals surface area contributed by atoms with Crippen LogP contribution in [0.4, 0.5) is 5.69 Å². The van der Waals surface area contributed by atoms with Gasteiger partial charge in [0.2, 0.25) is 15.9 Å². The molecule has 0 radical (unpaired) electrons. The number of primary amides is 1. The number of hydrogen-bond donors (Lipinski definition) is 2. The van der Waals surface area contributed by atoms with Gasteiger partial charge < -0.3 is 16.0 Å². The second-order valence-corrected chi connectivity index (χ2v) is 9.64. The standard InChI is InChI=1S/C20H31N5O3S/c1-2-22-20(24-11-5-6-16(15-24)14-19(21)26)23-10-13-29(27,28)25-12-9-17-7-3-4-8-18(17)25/h3-4,7-8,16H,2,5-6,9-15H2,1H3,(H2,21,26)(H,22,23). The summed E-state index contributed by atoms with van der Waals surface area (Å²) in [7, 11) is -3.42. The van der Waals surface area contributed by atoms with Gasteiger partial charge in [-0.05, 0) is 43.7 Å². The summed E-state index contributed by atoms with van der Waals surface area (Å²) >= 11 is 0. The number of fused-ring (bicyclic) bond motifs is 1. The first-order valence-electron chi connectivity index (χ1n) is 10.3. The zero-order valence-corrected chi connectivity index (χ0v) is 17.8. The largest absolute Gasteiger partial charge is 0.370 e. The minimum Gasteiger partial charge on any atom is -0.370 e. The Bertz CT molecular complexity index is 855. The van der Waals surface area contributed by atoms with Gasteiger partial charge in [0.25, 0.3) is 0 Å². The van der Waals surface area contributed by atoms with Crippen molar-refractivity contribution in [1.29, 1.82) is 0 Å². The predicted octanol–water partition coefficient (Wildman–Crippen LogP) is 0.932. The molecule has 1 fully saturated rings. The van der Waals surface area contributed by atoms with E-state index in [0.29, 0.717) is 32.0 Å². The summed E-state index contributed by atoms with van der Waals surface area (Å²) in [6.45, 7) is 4.92. The highest BCUT2D eigenvalue weighted by atomic mass is 32.2. The zero-order valence-electron chi connectivity index (χ0n) is 17.0. The monoisotopic (exact) mass is 421 g/mol. The number of anilines is 1. The second-order valence-electron chi connectivity index (χ2n) is 7.63. The van der Waals surface area contributed by atoms with E-state index in [2.05, 4.69) is 15.2 Å². The van der Waals surface area contributed by atoms with Gasteiger partial charge in [-0.3, -0.25) is 14.1 Å². The topological polar surface area (TPSA) is 108 Å². The van der Waals surface area contributed by atoms with E-state index in [4.69, 9.17) is 5.73 Å². The number of carbonyl (C=O) groups is 1. The molecule has 160 valence electrons. The third-order valence-electron chi connectivity index (χ3n) is 5.43. The van der Waals surface area contributed by atoms with Crippen molar-refractivity contribution < 1.29 is 13.2 Å². The highest BCUT2D eigenvalue weighted by molar-refractivity contribution is 7.92. The Morgan fingerprint density at radius 2 is 2.10 bits per heavy atom. The van der Waals surface area contributed by atoms with E-state index < -0.39 is 10.0 Å². The van der Waals surface area contributed by atoms with Gasteiger partial charge in [0, 0.05) is 32.6 Å². The number of hydrogen-bond acceptors (Lipinski definition) is 4. The lowest BCUT2D eigenvalue weighted by atomic mass is 9.95. The molecule has 2 aliphatic rings. The van der Waals surface area contributed by atoms with Crippen LogP contribution in [-0.4, -0.2) is 63.7 Å². The molecule has 2 aliphatic heterocycles. The lowest BCUT2D eigenvalue weighted by Crippen LogP contribution is -2.47. The fourth-order valence-electron chi connectivity index (χ4n) is 4.11. The molecule has 0 aliphatic carbocycles. The summed E-state index contributed by atoms with van der Waals surface area (Å²) in [5.74, 6) is 0.610. The summed E-state index contributed by atoms with van der Waals surface area (Å²) in [5, 5.41) is 3.25. The molecule has 0 bridgehead atoms. The number of guanidine groups is 1. The Morgan fingerprint density at radius 1 is 1.31 bits per heavy atom. The third kappa shape index (κ3) is 5.41. The van der Waals surface area contributed by atoms with Crippen LogP contribution in [0.3, 0.4) is 0 Å². The molecule has 29 heavy (non-hydrogen) atoms. The first-order valence-corrected chi connectivity index (χ1v) is 11.9. The molecular formula is C20H31N5O3S. The van der Waals surface area contributed by atoms with E-state index >= 15 is 0 Å². The third-order valence-corrected chi connectivity index (χ3v) is 7.18. The van der Waals surface area contributed by atoms with E-state index in [-0.39, 0.29) is 24.1 Å². The first kappa shape index (κ1) is 21.4. The van der Waals surface area contributed by atoms with Crippen LogP contribution in [0.5, 0.6) is 0 Å². The summed E-state index contributed by atoms with van der Waals surface area (Å²) in [5.41, 5.74) is 7.21. The Hall–Kier alpha value is -2.29. The molecular weight excluding hydrogens is 390 g/mol. The first-order chi connectivity index (χ1) is 13.9. The molecule has 1 aromatic carbocycles. The quantitative estimate of drug-likeness (QED) is 0.503. The summed E-state index contributed by atoms with van der Waals surface area (Å²) in [6, 6.07) is 7.64. The molecule has 2 heterocycles. The van der Waals surface area contributed by atoms with Crippen LogP contribution in [0.2, 0.25) is 0 Å². The maximum atomic E-state index is 12.9. The van der Waals surface area contributed by atoms with Crippen molar-refractivity contribution in [3.05, 3.63) is 29.8 Å². The van der Waals surface area contributed by atoms with Crippen LogP contribution in [0, 0.1) is 5.92 Å². The van der Waals surface area contributed by atoms with Crippen LogP contribution >= 0.6 is 0 Å². The van der Waals surface area contributed by atoms with Crippen LogP contribution in [0.1, 0.15) is 31.7 Å². The highest BCUT2D eigenvalue weighted by Gasteiger charge is 2.29. The van der Waals surface area contributed by atoms with Crippen molar-refractivity contribution in [3.63, 3.8) is 0 Å². The maximum absolute atomic E-state index is 12.9. The second kappa shape index (κ2) is 9.47. The van der Waals surface area contributed by atoms with Gasteiger partial charge in [-0.15, -0.1) is 0 Å². The van der Waals surface area contributed by atoms with Crippen molar-refractivity contribution in [2.75, 3.05) is 42.8 Å². The minimum absolute atomic E-state index is 0.0330. The molecule has 1 aromatic rings. The van der Waals surface area contributed by atoms with Crippen LogP contribution < -0.4 is 15.4 Å². The number of para-hydroxylation sites is 1. The lowest BCUT2D eigenvalue weighted by Gasteiger charge is -2.34. The van der Waals surface area contributed by atoms with Gasteiger partial charge in [0.15, 0.2) is 5.96 Å². The molecule has 8 nitrogen and oxygen atoms in total. The van der Waals surface area contributed by atoms with Gasteiger partial charge in [-0.25, -0.2) is 8.42 Å². The number of likely N-dealkylation sites (tertiary alicyclic amines) is 1. The van der Waals surface area contributed by atoms with Gasteiger partial charge in [0.1, 0.15) is 0 Å².